The topological polar surface area (TPSA) is 115 Å². The average molecular weight is 483 g/mol. The van der Waals surface area contributed by atoms with Crippen LogP contribution < -0.4 is 21.3 Å². The van der Waals surface area contributed by atoms with Gasteiger partial charge in [-0.05, 0) is 29.8 Å². The monoisotopic (exact) mass is 483 g/mol. The zero-order chi connectivity index (χ0) is 24.9. The number of aromatic amines is 1. The van der Waals surface area contributed by atoms with Crippen molar-refractivity contribution in [1.29, 1.82) is 0 Å². The van der Waals surface area contributed by atoms with Gasteiger partial charge in [-0.2, -0.15) is 5.10 Å². The smallest absolute Gasteiger partial charge is 0.288 e. The number of halogens is 3. The minimum absolute atomic E-state index is 0.0169. The van der Waals surface area contributed by atoms with Gasteiger partial charge in [0.15, 0.2) is 5.82 Å². The second-order valence-corrected chi connectivity index (χ2v) is 8.26. The fraction of sp³-hybridized carbons (Fsp3) is 0.208. The van der Waals surface area contributed by atoms with Crippen LogP contribution in [0.2, 0.25) is 0 Å². The average Bonchev–Trinajstić information content (AvgIpc) is 3.42. The number of amides is 1. The van der Waals surface area contributed by atoms with Gasteiger partial charge in [0.25, 0.3) is 11.5 Å². The first-order valence-corrected chi connectivity index (χ1v) is 10.7. The van der Waals surface area contributed by atoms with Gasteiger partial charge >= 0.3 is 0 Å². The predicted octanol–water partition coefficient (Wildman–Crippen LogP) is 3.47. The van der Waals surface area contributed by atoms with Crippen LogP contribution in [0.5, 0.6) is 5.75 Å². The Morgan fingerprint density at radius 2 is 2.06 bits per heavy atom. The van der Waals surface area contributed by atoms with Crippen LogP contribution in [0, 0.1) is 11.6 Å². The third-order valence-corrected chi connectivity index (χ3v) is 6.03. The number of hydrogen-bond acceptors (Lipinski definition) is 5. The Balaban J connectivity index is 1.45. The first-order valence-electron chi connectivity index (χ1n) is 10.7. The highest BCUT2D eigenvalue weighted by atomic mass is 19.1. The van der Waals surface area contributed by atoms with Gasteiger partial charge in [-0.3, -0.25) is 9.59 Å². The maximum atomic E-state index is 15.0. The predicted molar refractivity (Wildman–Crippen MR) is 123 cm³/mol. The molecule has 2 aromatic heterocycles. The van der Waals surface area contributed by atoms with Crippen molar-refractivity contribution >= 4 is 22.6 Å². The summed E-state index contributed by atoms with van der Waals surface area (Å²) in [5, 5.41) is 8.96. The number of benzene rings is 2. The lowest BCUT2D eigenvalue weighted by Gasteiger charge is -2.11. The van der Waals surface area contributed by atoms with E-state index in [1.807, 2.05) is 0 Å². The summed E-state index contributed by atoms with van der Waals surface area (Å²) in [5.74, 6) is -1.64. The second-order valence-electron chi connectivity index (χ2n) is 8.26. The number of fused-ring (bicyclic) bond motifs is 1. The second kappa shape index (κ2) is 8.49. The Labute approximate surface area is 196 Å². The number of H-pyrrole nitrogens is 1. The quantitative estimate of drug-likeness (QED) is 0.389. The number of carbonyl (C=O) groups is 1. The Bertz CT molecular complexity index is 1530. The van der Waals surface area contributed by atoms with E-state index in [2.05, 4.69) is 15.5 Å². The van der Waals surface area contributed by atoms with E-state index >= 15 is 4.39 Å². The lowest BCUT2D eigenvalue weighted by atomic mass is 10.0. The third-order valence-electron chi connectivity index (χ3n) is 6.03. The summed E-state index contributed by atoms with van der Waals surface area (Å²) in [4.78, 5) is 24.9. The number of alkyl halides is 1. The molecule has 1 unspecified atom stereocenters. The van der Waals surface area contributed by atoms with Crippen LogP contribution in [0.3, 0.4) is 0 Å². The van der Waals surface area contributed by atoms with Crippen LogP contribution in [-0.2, 0) is 6.54 Å². The highest BCUT2D eigenvalue weighted by Gasteiger charge is 2.41. The Hall–Kier alpha value is -4.28. The summed E-state index contributed by atoms with van der Waals surface area (Å²) < 4.78 is 49.0. The number of methoxy groups -OCH3 is 1. The van der Waals surface area contributed by atoms with Gasteiger partial charge in [-0.1, -0.05) is 12.1 Å². The molecule has 1 fully saturated rings. The third kappa shape index (κ3) is 3.98. The molecule has 180 valence electrons. The molecule has 4 N–H and O–H groups in total. The Morgan fingerprint density at radius 3 is 2.74 bits per heavy atom. The number of nitrogens with two attached hydrogens (primary N) is 1. The molecule has 5 rings (SSSR count). The number of nitrogens with zero attached hydrogens (tertiary/aromatic N) is 2. The van der Waals surface area contributed by atoms with Gasteiger partial charge in [-0.15, -0.1) is 0 Å². The van der Waals surface area contributed by atoms with E-state index in [1.165, 1.54) is 29.9 Å². The number of rotatable bonds is 6. The highest BCUT2D eigenvalue weighted by Crippen LogP contribution is 2.43. The van der Waals surface area contributed by atoms with Gasteiger partial charge in [0.2, 0.25) is 0 Å². The van der Waals surface area contributed by atoms with Crippen LogP contribution in [-0.4, -0.2) is 34.0 Å². The number of carbonyl (C=O) groups excluding carboxylic acids is 1. The maximum absolute atomic E-state index is 15.0. The van der Waals surface area contributed by atoms with E-state index < -0.39 is 35.3 Å². The summed E-state index contributed by atoms with van der Waals surface area (Å²) in [5.41, 5.74) is 6.67. The van der Waals surface area contributed by atoms with E-state index in [-0.39, 0.29) is 41.2 Å². The highest BCUT2D eigenvalue weighted by molar-refractivity contribution is 6.02. The minimum atomic E-state index is -1.08. The van der Waals surface area contributed by atoms with Crippen LogP contribution in [0.25, 0.3) is 22.0 Å². The van der Waals surface area contributed by atoms with Crippen molar-refractivity contribution in [2.24, 2.45) is 0 Å². The molecule has 0 radical (unpaired) electrons. The molecule has 8 nitrogen and oxygen atoms in total. The molecule has 0 bridgehead atoms. The molecule has 0 saturated heterocycles. The molecule has 11 heteroatoms. The first kappa shape index (κ1) is 22.5. The number of nitrogens with one attached hydrogen (secondary N) is 2. The van der Waals surface area contributed by atoms with Gasteiger partial charge in [0.05, 0.1) is 24.1 Å². The summed E-state index contributed by atoms with van der Waals surface area (Å²) in [7, 11) is 1.35. The van der Waals surface area contributed by atoms with Crippen LogP contribution in [0.15, 0.2) is 47.4 Å². The van der Waals surface area contributed by atoms with Crippen LogP contribution >= 0.6 is 0 Å². The van der Waals surface area contributed by atoms with Crippen molar-refractivity contribution in [2.75, 3.05) is 12.8 Å². The normalized spacial score (nSPS) is 16.9. The van der Waals surface area contributed by atoms with Gasteiger partial charge in [-0.25, -0.2) is 18.3 Å². The Kier molecular flexibility index (Phi) is 5.46. The van der Waals surface area contributed by atoms with Gasteiger partial charge in [0.1, 0.15) is 29.1 Å². The van der Waals surface area contributed by atoms with Gasteiger partial charge < -0.3 is 20.4 Å². The number of anilines is 1. The molecule has 4 aromatic rings. The van der Waals surface area contributed by atoms with E-state index in [4.69, 9.17) is 10.5 Å². The molecular formula is C24H20F3N5O3. The zero-order valence-electron chi connectivity index (χ0n) is 18.4. The molecule has 35 heavy (non-hydrogen) atoms. The molecule has 1 amide bonds. The van der Waals surface area contributed by atoms with Crippen molar-refractivity contribution in [3.05, 3.63) is 75.7 Å². The van der Waals surface area contributed by atoms with Crippen LogP contribution in [0.4, 0.5) is 19.0 Å². The fourth-order valence-corrected chi connectivity index (χ4v) is 4.14. The number of aromatic nitrogens is 3. The largest absolute Gasteiger partial charge is 0.496 e. The molecule has 0 aliphatic heterocycles. The molecule has 2 atom stereocenters. The fourth-order valence-electron chi connectivity index (χ4n) is 4.14. The molecule has 2 aromatic carbocycles. The van der Waals surface area contributed by atoms with Crippen LogP contribution in [0.1, 0.15) is 28.4 Å². The minimum Gasteiger partial charge on any atom is -0.496 e. The summed E-state index contributed by atoms with van der Waals surface area (Å²) in [6.45, 7) is -0.165. The first-order chi connectivity index (χ1) is 16.8. The molecule has 1 saturated carbocycles. The summed E-state index contributed by atoms with van der Waals surface area (Å²) >= 11 is 0. The van der Waals surface area contributed by atoms with E-state index in [0.29, 0.717) is 16.5 Å². The summed E-state index contributed by atoms with van der Waals surface area (Å²) in [6, 6.07) is 7.35. The van der Waals surface area contributed by atoms with E-state index in [9.17, 15) is 18.4 Å². The number of nitrogen functional groups attached to an aromatic ring is 1. The van der Waals surface area contributed by atoms with E-state index in [1.54, 1.807) is 12.3 Å². The lowest BCUT2D eigenvalue weighted by molar-refractivity contribution is 0.0947. The molecule has 2 heterocycles. The van der Waals surface area contributed by atoms with Crippen molar-refractivity contribution in [3.8, 4) is 16.9 Å². The van der Waals surface area contributed by atoms with Gasteiger partial charge in [0, 0.05) is 30.3 Å². The molecule has 0 spiro atoms. The summed E-state index contributed by atoms with van der Waals surface area (Å²) in [6.07, 6.45) is 0.773. The molecule has 1 aliphatic rings. The lowest BCUT2D eigenvalue weighted by Crippen LogP contribution is -2.24. The Morgan fingerprint density at radius 1 is 1.29 bits per heavy atom. The van der Waals surface area contributed by atoms with Crippen molar-refractivity contribution in [1.82, 2.24) is 20.1 Å². The van der Waals surface area contributed by atoms with E-state index in [0.717, 1.165) is 12.1 Å². The number of hydrogen-bond donors (Lipinski definition) is 3. The SMILES string of the molecule is COc1ccc(F)cc1C(=O)NCc1ccc(-c2cn([C@@H]3CC3F)c3c(=O)[nH]nc(N)c23)cc1F. The molecular weight excluding hydrogens is 463 g/mol. The van der Waals surface area contributed by atoms with Crippen molar-refractivity contribution < 1.29 is 22.7 Å². The number of ether oxygens (including phenoxy) is 1. The molecule has 1 aliphatic carbocycles. The zero-order valence-corrected chi connectivity index (χ0v) is 18.4. The maximum Gasteiger partial charge on any atom is 0.288 e. The standard InChI is InChI=1S/C24H20F3N5O3/c1-35-19-5-4-13(25)7-14(19)23(33)29-9-12-3-2-11(6-16(12)26)15-10-32(18-8-17(18)27)21-20(15)22(28)30-31-24(21)34/h2-7,10,17-18H,8-9H2,1H3,(H2,28,30)(H,29,33)(H,31,34)/t17?,18-/m1/s1. The van der Waals surface area contributed by atoms with Crippen molar-refractivity contribution in [3.63, 3.8) is 0 Å². The van der Waals surface area contributed by atoms with Crippen molar-refractivity contribution in [2.45, 2.75) is 25.2 Å².